The van der Waals surface area contributed by atoms with Gasteiger partial charge in [-0.25, -0.2) is 4.39 Å². The number of ether oxygens (including phenoxy) is 2. The third kappa shape index (κ3) is 3.81. The van der Waals surface area contributed by atoms with Crippen LogP contribution in [0.4, 0.5) is 4.39 Å². The fraction of sp³-hybridized carbons (Fsp3) is 0.500. The number of Topliss-reactive ketones (excluding diaryl/α,β-unsaturated/α-hetero) is 1. The molecule has 0 bridgehead atoms. The van der Waals surface area contributed by atoms with Gasteiger partial charge in [0.2, 0.25) is 0 Å². The molecule has 0 saturated heterocycles. The quantitative estimate of drug-likeness (QED) is 0.731. The van der Waals surface area contributed by atoms with Gasteiger partial charge >= 0.3 is 0 Å². The lowest BCUT2D eigenvalue weighted by Crippen LogP contribution is -2.23. The third-order valence-electron chi connectivity index (χ3n) is 2.98. The molecule has 0 aliphatic heterocycles. The van der Waals surface area contributed by atoms with Crippen LogP contribution in [0.1, 0.15) is 37.0 Å². The average molecular weight is 254 g/mol. The Morgan fingerprint density at radius 3 is 2.50 bits per heavy atom. The maximum atomic E-state index is 13.7. The molecule has 0 radical (unpaired) electrons. The molecule has 0 aromatic heterocycles. The van der Waals surface area contributed by atoms with Gasteiger partial charge < -0.3 is 9.47 Å². The molecular formula is C14H19FO3. The van der Waals surface area contributed by atoms with Crippen molar-refractivity contribution in [2.75, 3.05) is 14.2 Å². The van der Waals surface area contributed by atoms with Crippen LogP contribution in [-0.4, -0.2) is 25.6 Å². The summed E-state index contributed by atoms with van der Waals surface area (Å²) in [6.07, 6.45) is 0.803. The van der Waals surface area contributed by atoms with E-state index in [1.165, 1.54) is 19.2 Å². The molecule has 100 valence electrons. The van der Waals surface area contributed by atoms with Crippen LogP contribution >= 0.6 is 0 Å². The van der Waals surface area contributed by atoms with E-state index in [9.17, 15) is 9.18 Å². The number of rotatable bonds is 6. The molecule has 1 rings (SSSR count). The highest BCUT2D eigenvalue weighted by molar-refractivity contribution is 5.96. The van der Waals surface area contributed by atoms with Gasteiger partial charge in [-0.05, 0) is 32.4 Å². The van der Waals surface area contributed by atoms with E-state index < -0.39 is 5.82 Å². The number of methoxy groups -OCH3 is 2. The first kappa shape index (κ1) is 14.6. The van der Waals surface area contributed by atoms with Gasteiger partial charge in [-0.1, -0.05) is 0 Å². The van der Waals surface area contributed by atoms with Gasteiger partial charge in [-0.15, -0.1) is 0 Å². The first-order valence-electron chi connectivity index (χ1n) is 5.81. The van der Waals surface area contributed by atoms with Gasteiger partial charge in [0.05, 0.1) is 18.3 Å². The van der Waals surface area contributed by atoms with E-state index in [4.69, 9.17) is 9.47 Å². The Morgan fingerprint density at radius 2 is 2.00 bits per heavy atom. The van der Waals surface area contributed by atoms with Crippen molar-refractivity contribution in [1.29, 1.82) is 0 Å². The molecule has 0 unspecified atom stereocenters. The van der Waals surface area contributed by atoms with Crippen molar-refractivity contribution < 1.29 is 18.7 Å². The van der Waals surface area contributed by atoms with Gasteiger partial charge in [0, 0.05) is 19.6 Å². The van der Waals surface area contributed by atoms with Gasteiger partial charge in [-0.2, -0.15) is 0 Å². The standard InChI is InChI=1S/C14H19FO3/c1-14(2,18-4)8-7-13(16)11-6-5-10(17-3)9-12(11)15/h5-6,9H,7-8H2,1-4H3. The van der Waals surface area contributed by atoms with Crippen molar-refractivity contribution >= 4 is 5.78 Å². The number of hydrogen-bond donors (Lipinski definition) is 0. The van der Waals surface area contributed by atoms with E-state index in [1.807, 2.05) is 13.8 Å². The normalized spacial score (nSPS) is 11.4. The second-order valence-corrected chi connectivity index (χ2v) is 4.73. The Balaban J connectivity index is 2.73. The summed E-state index contributed by atoms with van der Waals surface area (Å²) in [5, 5.41) is 0. The minimum Gasteiger partial charge on any atom is -0.497 e. The van der Waals surface area contributed by atoms with Crippen LogP contribution in [0.3, 0.4) is 0 Å². The zero-order valence-electron chi connectivity index (χ0n) is 11.2. The highest BCUT2D eigenvalue weighted by Crippen LogP contribution is 2.21. The van der Waals surface area contributed by atoms with Crippen LogP contribution in [0.25, 0.3) is 0 Å². The molecule has 0 amide bonds. The molecule has 0 saturated carbocycles. The Bertz CT molecular complexity index is 427. The Kier molecular flexibility index (Phi) is 4.84. The monoisotopic (exact) mass is 254 g/mol. The number of benzene rings is 1. The Hall–Kier alpha value is -1.42. The van der Waals surface area contributed by atoms with E-state index in [2.05, 4.69) is 0 Å². The summed E-state index contributed by atoms with van der Waals surface area (Å²) in [4.78, 5) is 11.9. The molecule has 1 aromatic rings. The van der Waals surface area contributed by atoms with Crippen molar-refractivity contribution in [3.8, 4) is 5.75 Å². The second kappa shape index (κ2) is 5.96. The van der Waals surface area contributed by atoms with E-state index in [0.717, 1.165) is 0 Å². The first-order valence-corrected chi connectivity index (χ1v) is 5.81. The fourth-order valence-electron chi connectivity index (χ4n) is 1.50. The Morgan fingerprint density at radius 1 is 1.33 bits per heavy atom. The molecule has 0 spiro atoms. The molecule has 0 heterocycles. The number of hydrogen-bond acceptors (Lipinski definition) is 3. The van der Waals surface area contributed by atoms with E-state index in [0.29, 0.717) is 12.2 Å². The van der Waals surface area contributed by atoms with E-state index in [-0.39, 0.29) is 23.4 Å². The first-order chi connectivity index (χ1) is 8.39. The Labute approximate surface area is 107 Å². The smallest absolute Gasteiger partial charge is 0.165 e. The number of ketones is 1. The van der Waals surface area contributed by atoms with Crippen molar-refractivity contribution in [3.05, 3.63) is 29.6 Å². The van der Waals surface area contributed by atoms with Crippen LogP contribution in [0.2, 0.25) is 0 Å². The fourth-order valence-corrected chi connectivity index (χ4v) is 1.50. The number of halogens is 1. The summed E-state index contributed by atoms with van der Waals surface area (Å²) in [5.74, 6) is -0.365. The largest absolute Gasteiger partial charge is 0.497 e. The third-order valence-corrected chi connectivity index (χ3v) is 2.98. The van der Waals surface area contributed by atoms with Gasteiger partial charge in [0.15, 0.2) is 5.78 Å². The highest BCUT2D eigenvalue weighted by atomic mass is 19.1. The molecule has 0 atom stereocenters. The summed E-state index contributed by atoms with van der Waals surface area (Å²) >= 11 is 0. The molecule has 18 heavy (non-hydrogen) atoms. The highest BCUT2D eigenvalue weighted by Gasteiger charge is 2.20. The summed E-state index contributed by atoms with van der Waals surface area (Å²) in [7, 11) is 3.05. The zero-order chi connectivity index (χ0) is 13.8. The predicted octanol–water partition coefficient (Wildman–Crippen LogP) is 3.22. The van der Waals surface area contributed by atoms with Gasteiger partial charge in [0.25, 0.3) is 0 Å². The maximum absolute atomic E-state index is 13.7. The summed E-state index contributed by atoms with van der Waals surface area (Å²) in [6.45, 7) is 3.79. The molecule has 4 heteroatoms. The maximum Gasteiger partial charge on any atom is 0.165 e. The molecule has 0 aliphatic carbocycles. The van der Waals surface area contributed by atoms with Crippen LogP contribution in [0, 0.1) is 5.82 Å². The van der Waals surface area contributed by atoms with Crippen LogP contribution in [0.5, 0.6) is 5.75 Å². The zero-order valence-corrected chi connectivity index (χ0v) is 11.2. The lowest BCUT2D eigenvalue weighted by molar-refractivity contribution is 0.0141. The molecule has 3 nitrogen and oxygen atoms in total. The van der Waals surface area contributed by atoms with Crippen molar-refractivity contribution in [2.45, 2.75) is 32.3 Å². The molecular weight excluding hydrogens is 235 g/mol. The lowest BCUT2D eigenvalue weighted by Gasteiger charge is -2.22. The molecule has 0 fully saturated rings. The van der Waals surface area contributed by atoms with Crippen molar-refractivity contribution in [3.63, 3.8) is 0 Å². The van der Waals surface area contributed by atoms with E-state index in [1.54, 1.807) is 13.2 Å². The average Bonchev–Trinajstić information content (AvgIpc) is 2.36. The second-order valence-electron chi connectivity index (χ2n) is 4.73. The lowest BCUT2D eigenvalue weighted by atomic mass is 9.97. The summed E-state index contributed by atoms with van der Waals surface area (Å²) in [5.41, 5.74) is -0.277. The summed E-state index contributed by atoms with van der Waals surface area (Å²) in [6, 6.07) is 4.25. The van der Waals surface area contributed by atoms with E-state index >= 15 is 0 Å². The van der Waals surface area contributed by atoms with Crippen molar-refractivity contribution in [1.82, 2.24) is 0 Å². The number of carbonyl (C=O) groups is 1. The van der Waals surface area contributed by atoms with Crippen molar-refractivity contribution in [2.24, 2.45) is 0 Å². The topological polar surface area (TPSA) is 35.5 Å². The van der Waals surface area contributed by atoms with Gasteiger partial charge in [0.1, 0.15) is 11.6 Å². The molecule has 0 N–H and O–H groups in total. The predicted molar refractivity (Wildman–Crippen MR) is 67.6 cm³/mol. The van der Waals surface area contributed by atoms with Crippen LogP contribution in [0.15, 0.2) is 18.2 Å². The summed E-state index contributed by atoms with van der Waals surface area (Å²) < 4.78 is 23.8. The minimum atomic E-state index is -0.547. The molecule has 0 aliphatic rings. The number of carbonyl (C=O) groups excluding carboxylic acids is 1. The minimum absolute atomic E-state index is 0.0997. The SMILES string of the molecule is COc1ccc(C(=O)CCC(C)(C)OC)c(F)c1. The van der Waals surface area contributed by atoms with Crippen LogP contribution < -0.4 is 4.74 Å². The molecule has 1 aromatic carbocycles. The van der Waals surface area contributed by atoms with Gasteiger partial charge in [-0.3, -0.25) is 4.79 Å². The van der Waals surface area contributed by atoms with Crippen LogP contribution in [-0.2, 0) is 4.74 Å².